The van der Waals surface area contributed by atoms with Crippen LogP contribution in [-0.4, -0.2) is 49.9 Å². The van der Waals surface area contributed by atoms with Crippen LogP contribution in [0.5, 0.6) is 0 Å². The number of sulfonamides is 1. The summed E-state index contributed by atoms with van der Waals surface area (Å²) in [6.45, 7) is 1.32. The molecular formula is C14H14ClN3O4S. The van der Waals surface area contributed by atoms with Gasteiger partial charge in [-0.15, -0.1) is 0 Å². The van der Waals surface area contributed by atoms with Crippen molar-refractivity contribution in [3.63, 3.8) is 0 Å². The van der Waals surface area contributed by atoms with E-state index < -0.39 is 15.9 Å². The highest BCUT2D eigenvalue weighted by atomic mass is 35.5. The van der Waals surface area contributed by atoms with Crippen molar-refractivity contribution < 1.29 is 17.9 Å². The summed E-state index contributed by atoms with van der Waals surface area (Å²) >= 11 is 6.18. The normalized spacial score (nSPS) is 16.6. The van der Waals surface area contributed by atoms with Gasteiger partial charge in [-0.1, -0.05) is 11.6 Å². The number of fused-ring (bicyclic) bond motifs is 1. The molecular weight excluding hydrogens is 342 g/mol. The minimum atomic E-state index is -3.65. The number of nitrogens with zero attached hydrogens (tertiary/aromatic N) is 2. The standard InChI is InChI=1S/C14H14ClN3O4S/c15-13-10-7-9(23(20,21)18-3-5-22-6-4-18)1-2-12(10)17-8-11(13)14(16)19/h1-2,7-8H,3-6H2,(H2,16,19). The van der Waals surface area contributed by atoms with Crippen LogP contribution in [0.15, 0.2) is 29.3 Å². The minimum Gasteiger partial charge on any atom is -0.379 e. The fraction of sp³-hybridized carbons (Fsp3) is 0.286. The molecule has 1 aliphatic rings. The van der Waals surface area contributed by atoms with E-state index in [2.05, 4.69) is 4.98 Å². The van der Waals surface area contributed by atoms with Gasteiger partial charge in [0.25, 0.3) is 5.91 Å². The summed E-state index contributed by atoms with van der Waals surface area (Å²) in [5.41, 5.74) is 5.79. The fourth-order valence-corrected chi connectivity index (χ4v) is 4.14. The highest BCUT2D eigenvalue weighted by molar-refractivity contribution is 7.89. The number of hydrogen-bond donors (Lipinski definition) is 1. The van der Waals surface area contributed by atoms with E-state index in [1.54, 1.807) is 6.07 Å². The molecule has 7 nitrogen and oxygen atoms in total. The quantitative estimate of drug-likeness (QED) is 0.885. The van der Waals surface area contributed by atoms with Gasteiger partial charge in [0.1, 0.15) is 0 Å². The molecule has 3 rings (SSSR count). The third-order valence-corrected chi connectivity index (χ3v) is 5.95. The number of primary amides is 1. The van der Waals surface area contributed by atoms with Gasteiger partial charge in [0, 0.05) is 24.7 Å². The zero-order valence-electron chi connectivity index (χ0n) is 12.0. The van der Waals surface area contributed by atoms with E-state index in [1.165, 1.54) is 22.6 Å². The van der Waals surface area contributed by atoms with Crippen molar-refractivity contribution in [1.82, 2.24) is 9.29 Å². The number of aromatic nitrogens is 1. The Morgan fingerprint density at radius 3 is 2.65 bits per heavy atom. The lowest BCUT2D eigenvalue weighted by molar-refractivity contribution is 0.0730. The molecule has 0 bridgehead atoms. The minimum absolute atomic E-state index is 0.0556. The number of amides is 1. The molecule has 1 aromatic carbocycles. The highest BCUT2D eigenvalue weighted by Crippen LogP contribution is 2.29. The molecule has 0 saturated carbocycles. The summed E-state index contributed by atoms with van der Waals surface area (Å²) in [5.74, 6) is -0.717. The Morgan fingerprint density at radius 2 is 2.00 bits per heavy atom. The van der Waals surface area contributed by atoms with Crippen LogP contribution in [0, 0.1) is 0 Å². The first-order valence-corrected chi connectivity index (χ1v) is 8.69. The molecule has 9 heteroatoms. The van der Waals surface area contributed by atoms with Gasteiger partial charge in [0.05, 0.1) is 34.2 Å². The predicted octanol–water partition coefficient (Wildman–Crippen LogP) is 1.01. The molecule has 2 aromatic rings. The predicted molar refractivity (Wildman–Crippen MR) is 84.8 cm³/mol. The van der Waals surface area contributed by atoms with Crippen molar-refractivity contribution in [3.05, 3.63) is 35.0 Å². The number of carbonyl (C=O) groups is 1. The molecule has 0 aliphatic carbocycles. The molecule has 0 radical (unpaired) electrons. The van der Waals surface area contributed by atoms with E-state index in [4.69, 9.17) is 22.1 Å². The van der Waals surface area contributed by atoms with Crippen molar-refractivity contribution in [1.29, 1.82) is 0 Å². The van der Waals surface area contributed by atoms with Gasteiger partial charge in [-0.3, -0.25) is 9.78 Å². The Hall–Kier alpha value is -1.74. The van der Waals surface area contributed by atoms with Crippen LogP contribution in [0.4, 0.5) is 0 Å². The summed E-state index contributed by atoms with van der Waals surface area (Å²) in [6.07, 6.45) is 1.28. The molecule has 2 N–H and O–H groups in total. The third-order valence-electron chi connectivity index (χ3n) is 3.65. The average molecular weight is 356 g/mol. The van der Waals surface area contributed by atoms with E-state index in [0.29, 0.717) is 37.2 Å². The van der Waals surface area contributed by atoms with Gasteiger partial charge in [0.15, 0.2) is 0 Å². The van der Waals surface area contributed by atoms with Gasteiger partial charge in [-0.25, -0.2) is 8.42 Å². The summed E-state index contributed by atoms with van der Waals surface area (Å²) in [7, 11) is -3.65. The van der Waals surface area contributed by atoms with Crippen molar-refractivity contribution in [3.8, 4) is 0 Å². The zero-order valence-corrected chi connectivity index (χ0v) is 13.6. The summed E-state index contributed by atoms with van der Waals surface area (Å²) in [6, 6.07) is 4.45. The lowest BCUT2D eigenvalue weighted by Crippen LogP contribution is -2.40. The largest absolute Gasteiger partial charge is 0.379 e. The Labute approximate surface area is 138 Å². The molecule has 122 valence electrons. The average Bonchev–Trinajstić information content (AvgIpc) is 2.55. The first kappa shape index (κ1) is 16.1. The second-order valence-electron chi connectivity index (χ2n) is 5.05. The molecule has 0 atom stereocenters. The Bertz CT molecular complexity index is 879. The number of ether oxygens (including phenoxy) is 1. The fourth-order valence-electron chi connectivity index (χ4n) is 2.41. The zero-order chi connectivity index (χ0) is 16.6. The second-order valence-corrected chi connectivity index (χ2v) is 7.36. The van der Waals surface area contributed by atoms with Crippen molar-refractivity contribution in [2.45, 2.75) is 4.90 Å². The summed E-state index contributed by atoms with van der Waals surface area (Å²) < 4.78 is 31.9. The van der Waals surface area contributed by atoms with Crippen LogP contribution >= 0.6 is 11.6 Å². The van der Waals surface area contributed by atoms with Gasteiger partial charge in [-0.05, 0) is 18.2 Å². The summed E-state index contributed by atoms with van der Waals surface area (Å²) in [4.78, 5) is 15.5. The molecule has 23 heavy (non-hydrogen) atoms. The molecule has 1 saturated heterocycles. The lowest BCUT2D eigenvalue weighted by atomic mass is 10.1. The van der Waals surface area contributed by atoms with Crippen LogP contribution in [0.3, 0.4) is 0 Å². The second kappa shape index (κ2) is 6.04. The van der Waals surface area contributed by atoms with Gasteiger partial charge >= 0.3 is 0 Å². The molecule has 0 spiro atoms. The van der Waals surface area contributed by atoms with Crippen molar-refractivity contribution in [2.24, 2.45) is 5.73 Å². The molecule has 1 amide bonds. The molecule has 1 fully saturated rings. The number of benzene rings is 1. The van der Waals surface area contributed by atoms with Crippen LogP contribution in [-0.2, 0) is 14.8 Å². The first-order valence-electron chi connectivity index (χ1n) is 6.87. The number of nitrogens with two attached hydrogens (primary N) is 1. The van der Waals surface area contributed by atoms with E-state index in [0.717, 1.165) is 0 Å². The Balaban J connectivity index is 2.12. The van der Waals surface area contributed by atoms with E-state index >= 15 is 0 Å². The van der Waals surface area contributed by atoms with Crippen molar-refractivity contribution in [2.75, 3.05) is 26.3 Å². The topological polar surface area (TPSA) is 103 Å². The van der Waals surface area contributed by atoms with E-state index in [9.17, 15) is 13.2 Å². The number of carbonyl (C=O) groups excluding carboxylic acids is 1. The first-order chi connectivity index (χ1) is 10.9. The number of pyridine rings is 1. The molecule has 2 heterocycles. The highest BCUT2D eigenvalue weighted by Gasteiger charge is 2.27. The monoisotopic (exact) mass is 355 g/mol. The lowest BCUT2D eigenvalue weighted by Gasteiger charge is -2.26. The van der Waals surface area contributed by atoms with Crippen LogP contribution in [0.25, 0.3) is 10.9 Å². The Morgan fingerprint density at radius 1 is 1.30 bits per heavy atom. The SMILES string of the molecule is NC(=O)c1cnc2ccc(S(=O)(=O)N3CCOCC3)cc2c1Cl. The third kappa shape index (κ3) is 2.90. The Kier molecular flexibility index (Phi) is 4.24. The molecule has 1 aromatic heterocycles. The van der Waals surface area contributed by atoms with Crippen LogP contribution < -0.4 is 5.73 Å². The maximum absolute atomic E-state index is 12.7. The number of morpholine rings is 1. The van der Waals surface area contributed by atoms with E-state index in [-0.39, 0.29) is 15.5 Å². The van der Waals surface area contributed by atoms with Crippen molar-refractivity contribution >= 4 is 38.4 Å². The van der Waals surface area contributed by atoms with Gasteiger partial charge < -0.3 is 10.5 Å². The van der Waals surface area contributed by atoms with Crippen LogP contribution in [0.2, 0.25) is 5.02 Å². The molecule has 0 unspecified atom stereocenters. The molecule has 1 aliphatic heterocycles. The maximum Gasteiger partial charge on any atom is 0.251 e. The smallest absolute Gasteiger partial charge is 0.251 e. The number of hydrogen-bond acceptors (Lipinski definition) is 5. The van der Waals surface area contributed by atoms with E-state index in [1.807, 2.05) is 0 Å². The van der Waals surface area contributed by atoms with Gasteiger partial charge in [0.2, 0.25) is 10.0 Å². The maximum atomic E-state index is 12.7. The van der Waals surface area contributed by atoms with Crippen LogP contribution in [0.1, 0.15) is 10.4 Å². The number of rotatable bonds is 3. The van der Waals surface area contributed by atoms with Gasteiger partial charge in [-0.2, -0.15) is 4.31 Å². The number of halogens is 1. The summed E-state index contributed by atoms with van der Waals surface area (Å²) in [5, 5.41) is 0.471.